The third-order valence-corrected chi connectivity index (χ3v) is 1.84. The first-order valence-corrected chi connectivity index (χ1v) is 4.29. The Morgan fingerprint density at radius 1 is 1.25 bits per heavy atom. The maximum atomic E-state index is 5.34. The molecule has 62 valence electrons. The van der Waals surface area contributed by atoms with Crippen molar-refractivity contribution < 1.29 is 0 Å². The van der Waals surface area contributed by atoms with Crippen LogP contribution in [0.25, 0.3) is 5.78 Å². The molecular weight excluding hydrogens is 178 g/mol. The number of aromatic nitrogens is 6. The number of fused-ring (bicyclic) bond motifs is 1. The Morgan fingerprint density at radius 3 is 2.75 bits per heavy atom. The van der Waals surface area contributed by atoms with Gasteiger partial charge in [-0.3, -0.25) is 0 Å². The number of anilines is 1. The molecule has 2 rings (SSSR count). The fourth-order valence-electron chi connectivity index (χ4n) is 0.753. The Kier molecular flexibility index (Phi) is 1.54. The fourth-order valence-corrected chi connectivity index (χ4v) is 1.17. The van der Waals surface area contributed by atoms with Crippen LogP contribution in [0, 0.1) is 0 Å². The van der Waals surface area contributed by atoms with E-state index in [1.165, 1.54) is 16.3 Å². The minimum Gasteiger partial charge on any atom is -0.365 e. The molecule has 0 aliphatic heterocycles. The van der Waals surface area contributed by atoms with Gasteiger partial charge >= 0.3 is 0 Å². The lowest BCUT2D eigenvalue weighted by atomic mass is 11.0. The van der Waals surface area contributed by atoms with Gasteiger partial charge in [-0.2, -0.15) is 4.52 Å². The SMILES string of the molecule is CSc1nnc2nnc(N)nn12. The molecule has 0 atom stereocenters. The van der Waals surface area contributed by atoms with Gasteiger partial charge in [0.25, 0.3) is 11.7 Å². The molecule has 0 spiro atoms. The fraction of sp³-hybridized carbons (Fsp3) is 0.250. The lowest BCUT2D eigenvalue weighted by Gasteiger charge is -1.92. The van der Waals surface area contributed by atoms with Gasteiger partial charge < -0.3 is 5.73 Å². The Labute approximate surface area is 71.4 Å². The zero-order valence-electron chi connectivity index (χ0n) is 6.17. The molecule has 0 aromatic carbocycles. The van der Waals surface area contributed by atoms with E-state index in [-0.39, 0.29) is 5.95 Å². The summed E-state index contributed by atoms with van der Waals surface area (Å²) in [5.41, 5.74) is 5.34. The van der Waals surface area contributed by atoms with Crippen molar-refractivity contribution in [3.63, 3.8) is 0 Å². The zero-order chi connectivity index (χ0) is 8.55. The summed E-state index contributed by atoms with van der Waals surface area (Å²) in [6.45, 7) is 0. The van der Waals surface area contributed by atoms with Crippen LogP contribution in [0.15, 0.2) is 5.16 Å². The Hall–Kier alpha value is -1.44. The highest BCUT2D eigenvalue weighted by Gasteiger charge is 2.06. The van der Waals surface area contributed by atoms with Crippen molar-refractivity contribution in [2.24, 2.45) is 0 Å². The summed E-state index contributed by atoms with van der Waals surface area (Å²) in [7, 11) is 0. The summed E-state index contributed by atoms with van der Waals surface area (Å²) < 4.78 is 1.45. The van der Waals surface area contributed by atoms with Crippen LogP contribution in [0.4, 0.5) is 5.95 Å². The van der Waals surface area contributed by atoms with Crippen molar-refractivity contribution in [1.29, 1.82) is 0 Å². The van der Waals surface area contributed by atoms with Gasteiger partial charge in [0.2, 0.25) is 5.16 Å². The van der Waals surface area contributed by atoms with Gasteiger partial charge in [-0.15, -0.1) is 25.5 Å². The van der Waals surface area contributed by atoms with E-state index in [0.29, 0.717) is 10.9 Å². The van der Waals surface area contributed by atoms with Gasteiger partial charge in [0.05, 0.1) is 0 Å². The maximum Gasteiger partial charge on any atom is 0.291 e. The van der Waals surface area contributed by atoms with E-state index in [9.17, 15) is 0 Å². The van der Waals surface area contributed by atoms with E-state index in [4.69, 9.17) is 5.73 Å². The second kappa shape index (κ2) is 2.55. The van der Waals surface area contributed by atoms with Crippen LogP contribution in [-0.2, 0) is 0 Å². The Bertz CT molecular complexity index is 409. The van der Waals surface area contributed by atoms with Gasteiger partial charge in [-0.25, -0.2) is 0 Å². The number of thioether (sulfide) groups is 1. The third-order valence-electron chi connectivity index (χ3n) is 1.22. The smallest absolute Gasteiger partial charge is 0.291 e. The van der Waals surface area contributed by atoms with Gasteiger partial charge in [-0.1, -0.05) is 11.8 Å². The highest BCUT2D eigenvalue weighted by atomic mass is 32.2. The molecule has 0 bridgehead atoms. The van der Waals surface area contributed by atoms with Gasteiger partial charge in [-0.05, 0) is 6.26 Å². The van der Waals surface area contributed by atoms with Crippen molar-refractivity contribution >= 4 is 23.5 Å². The molecule has 0 fully saturated rings. The summed E-state index contributed by atoms with van der Waals surface area (Å²) in [4.78, 5) is 0. The Morgan fingerprint density at radius 2 is 2.00 bits per heavy atom. The topological polar surface area (TPSA) is 94.9 Å². The molecule has 7 nitrogen and oxygen atoms in total. The first-order valence-electron chi connectivity index (χ1n) is 3.07. The van der Waals surface area contributed by atoms with Crippen LogP contribution in [0.5, 0.6) is 0 Å². The number of nitrogens with two attached hydrogens (primary N) is 1. The molecular formula is C4H5N7S. The molecule has 0 saturated heterocycles. The van der Waals surface area contributed by atoms with Gasteiger partial charge in [0.1, 0.15) is 0 Å². The van der Waals surface area contributed by atoms with Crippen molar-refractivity contribution in [1.82, 2.24) is 30.0 Å². The molecule has 2 heterocycles. The summed E-state index contributed by atoms with van der Waals surface area (Å²) in [6, 6.07) is 0. The van der Waals surface area contributed by atoms with Crippen LogP contribution in [0.1, 0.15) is 0 Å². The molecule has 8 heteroatoms. The summed E-state index contributed by atoms with van der Waals surface area (Å²) in [5.74, 6) is 0.464. The molecule has 12 heavy (non-hydrogen) atoms. The summed E-state index contributed by atoms with van der Waals surface area (Å²) in [6.07, 6.45) is 1.87. The second-order valence-electron chi connectivity index (χ2n) is 1.96. The summed E-state index contributed by atoms with van der Waals surface area (Å²) >= 11 is 1.42. The van der Waals surface area contributed by atoms with E-state index in [0.717, 1.165) is 0 Å². The number of nitrogens with zero attached hydrogens (tertiary/aromatic N) is 6. The first-order chi connectivity index (χ1) is 5.81. The quantitative estimate of drug-likeness (QED) is 0.579. The molecule has 2 aromatic rings. The molecule has 0 amide bonds. The number of rotatable bonds is 1. The zero-order valence-corrected chi connectivity index (χ0v) is 6.99. The predicted octanol–water partition coefficient (Wildman–Crippen LogP) is -0.782. The van der Waals surface area contributed by atoms with E-state index < -0.39 is 0 Å². The van der Waals surface area contributed by atoms with Crippen molar-refractivity contribution in [2.45, 2.75) is 5.16 Å². The highest BCUT2D eigenvalue weighted by molar-refractivity contribution is 7.98. The maximum absolute atomic E-state index is 5.34. The largest absolute Gasteiger partial charge is 0.365 e. The third kappa shape index (κ3) is 0.961. The van der Waals surface area contributed by atoms with Crippen molar-refractivity contribution in [2.75, 3.05) is 12.0 Å². The lowest BCUT2D eigenvalue weighted by molar-refractivity contribution is 0.773. The number of nitrogen functional groups attached to an aromatic ring is 1. The monoisotopic (exact) mass is 183 g/mol. The van der Waals surface area contributed by atoms with E-state index in [1.54, 1.807) is 0 Å². The molecule has 0 saturated carbocycles. The van der Waals surface area contributed by atoms with E-state index >= 15 is 0 Å². The van der Waals surface area contributed by atoms with Gasteiger partial charge in [0, 0.05) is 0 Å². The molecule has 0 unspecified atom stereocenters. The molecule has 0 radical (unpaired) electrons. The van der Waals surface area contributed by atoms with Crippen LogP contribution in [0.2, 0.25) is 0 Å². The van der Waals surface area contributed by atoms with E-state index in [2.05, 4.69) is 25.5 Å². The molecule has 0 aliphatic carbocycles. The predicted molar refractivity (Wildman–Crippen MR) is 42.6 cm³/mol. The van der Waals surface area contributed by atoms with Crippen LogP contribution < -0.4 is 5.73 Å². The van der Waals surface area contributed by atoms with Gasteiger partial charge in [0.15, 0.2) is 0 Å². The Balaban J connectivity index is 2.75. The lowest BCUT2D eigenvalue weighted by Crippen LogP contribution is -2.04. The van der Waals surface area contributed by atoms with Crippen LogP contribution >= 0.6 is 11.8 Å². The second-order valence-corrected chi connectivity index (χ2v) is 2.73. The number of hydrogen-bond donors (Lipinski definition) is 1. The number of hydrogen-bond acceptors (Lipinski definition) is 7. The molecule has 2 aromatic heterocycles. The minimum absolute atomic E-state index is 0.109. The van der Waals surface area contributed by atoms with Crippen molar-refractivity contribution in [3.8, 4) is 0 Å². The van der Waals surface area contributed by atoms with E-state index in [1.807, 2.05) is 6.26 Å². The van der Waals surface area contributed by atoms with Crippen molar-refractivity contribution in [3.05, 3.63) is 0 Å². The molecule has 2 N–H and O–H groups in total. The first kappa shape index (κ1) is 7.22. The van der Waals surface area contributed by atoms with Crippen LogP contribution in [-0.4, -0.2) is 36.3 Å². The normalized spacial score (nSPS) is 10.8. The average molecular weight is 183 g/mol. The minimum atomic E-state index is 0.109. The van der Waals surface area contributed by atoms with Crippen LogP contribution in [0.3, 0.4) is 0 Å². The average Bonchev–Trinajstić information content (AvgIpc) is 2.46. The highest BCUT2D eigenvalue weighted by Crippen LogP contribution is 2.09. The standard InChI is InChI=1S/C4H5N7S/c1-12-4-9-8-3-7-6-2(5)10-11(3)4/h1H3,(H2,5,10). The molecule has 0 aliphatic rings. The summed E-state index contributed by atoms with van der Waals surface area (Å²) in [5, 5.41) is 19.3.